The van der Waals surface area contributed by atoms with Gasteiger partial charge in [-0.15, -0.1) is 0 Å². The summed E-state index contributed by atoms with van der Waals surface area (Å²) in [6.07, 6.45) is 3.88. The van der Waals surface area contributed by atoms with E-state index in [9.17, 15) is 10.2 Å². The van der Waals surface area contributed by atoms with Crippen molar-refractivity contribution in [1.29, 1.82) is 0 Å². The molecule has 0 radical (unpaired) electrons. The van der Waals surface area contributed by atoms with E-state index in [-0.39, 0.29) is 18.7 Å². The quantitative estimate of drug-likeness (QED) is 0.499. The fraction of sp³-hybridized carbons (Fsp3) is 0.200. The molecule has 0 aromatic heterocycles. The van der Waals surface area contributed by atoms with Gasteiger partial charge in [-0.1, -0.05) is 103 Å². The van der Waals surface area contributed by atoms with Crippen molar-refractivity contribution >= 4 is 0 Å². The summed E-state index contributed by atoms with van der Waals surface area (Å²) in [7, 11) is 0. The molecule has 0 unspecified atom stereocenters. The van der Waals surface area contributed by atoms with E-state index in [1.165, 1.54) is 5.56 Å². The number of allylic oxidation sites excluding steroid dienone is 1. The van der Waals surface area contributed by atoms with Crippen LogP contribution in [-0.4, -0.2) is 29.0 Å². The summed E-state index contributed by atoms with van der Waals surface area (Å²) in [5, 5.41) is 23.5. The molecule has 0 fully saturated rings. The van der Waals surface area contributed by atoms with Crippen LogP contribution in [0.5, 0.6) is 0 Å². The lowest BCUT2D eigenvalue weighted by Gasteiger charge is -2.27. The van der Waals surface area contributed by atoms with E-state index in [1.807, 2.05) is 66.7 Å². The first kappa shape index (κ1) is 20.0. The van der Waals surface area contributed by atoms with Crippen molar-refractivity contribution in [3.63, 3.8) is 0 Å². The molecule has 3 nitrogen and oxygen atoms in total. The van der Waals surface area contributed by atoms with Gasteiger partial charge in [0.15, 0.2) is 0 Å². The van der Waals surface area contributed by atoms with E-state index in [1.54, 1.807) is 0 Å². The average Bonchev–Trinajstić information content (AvgIpc) is 2.77. The Hall–Kier alpha value is -2.72. The third kappa shape index (κ3) is 5.64. The van der Waals surface area contributed by atoms with Gasteiger partial charge in [-0.2, -0.15) is 0 Å². The molecule has 0 spiro atoms. The lowest BCUT2D eigenvalue weighted by molar-refractivity contribution is 0.0735. The van der Waals surface area contributed by atoms with Gasteiger partial charge in [0.05, 0.1) is 24.8 Å². The molecule has 3 aromatic carbocycles. The molecule has 0 amide bonds. The molecule has 0 saturated carbocycles. The highest BCUT2D eigenvalue weighted by atomic mass is 16.3. The smallest absolute Gasteiger partial charge is 0.0959 e. The van der Waals surface area contributed by atoms with Gasteiger partial charge in [0, 0.05) is 0 Å². The first-order chi connectivity index (χ1) is 13.8. The van der Waals surface area contributed by atoms with Crippen LogP contribution in [0.4, 0.5) is 0 Å². The van der Waals surface area contributed by atoms with Crippen LogP contribution in [0.15, 0.2) is 103 Å². The second-order valence-corrected chi connectivity index (χ2v) is 6.81. The summed E-state index contributed by atoms with van der Waals surface area (Å²) < 4.78 is 0. The zero-order valence-electron chi connectivity index (χ0n) is 15.9. The van der Waals surface area contributed by atoms with Crippen LogP contribution in [0.1, 0.15) is 22.7 Å². The molecule has 144 valence electrons. The van der Waals surface area contributed by atoms with E-state index >= 15 is 0 Å². The first-order valence-corrected chi connectivity index (χ1v) is 9.63. The highest BCUT2D eigenvalue weighted by molar-refractivity contribution is 5.32. The lowest BCUT2D eigenvalue weighted by atomic mass is 9.96. The highest BCUT2D eigenvalue weighted by Crippen LogP contribution is 2.23. The number of aliphatic hydroxyl groups is 2. The van der Waals surface area contributed by atoms with E-state index in [2.05, 4.69) is 41.7 Å². The predicted molar refractivity (Wildman–Crippen MR) is 114 cm³/mol. The molecule has 3 heteroatoms. The second-order valence-electron chi connectivity index (χ2n) is 6.81. The van der Waals surface area contributed by atoms with Crippen LogP contribution in [-0.2, 0) is 6.42 Å². The zero-order chi connectivity index (χ0) is 19.6. The Morgan fingerprint density at radius 2 is 1.25 bits per heavy atom. The minimum Gasteiger partial charge on any atom is -0.394 e. The molecule has 0 bridgehead atoms. The van der Waals surface area contributed by atoms with Crippen molar-refractivity contribution in [1.82, 2.24) is 5.32 Å². The molecule has 28 heavy (non-hydrogen) atoms. The molecule has 0 aliphatic rings. The molecule has 0 aliphatic heterocycles. The maximum absolute atomic E-state index is 10.4. The molecule has 3 rings (SSSR count). The van der Waals surface area contributed by atoms with Gasteiger partial charge >= 0.3 is 0 Å². The Morgan fingerprint density at radius 3 is 1.75 bits per heavy atom. The van der Waals surface area contributed by atoms with Crippen LogP contribution in [0.2, 0.25) is 0 Å². The Kier molecular flexibility index (Phi) is 7.56. The van der Waals surface area contributed by atoms with Crippen LogP contribution in [0.25, 0.3) is 0 Å². The molecule has 0 heterocycles. The van der Waals surface area contributed by atoms with Crippen LogP contribution < -0.4 is 5.32 Å². The van der Waals surface area contributed by atoms with Gasteiger partial charge in [0.1, 0.15) is 0 Å². The van der Waals surface area contributed by atoms with Gasteiger partial charge in [-0.05, 0) is 23.1 Å². The largest absolute Gasteiger partial charge is 0.394 e. The number of aliphatic hydroxyl groups excluding tert-OH is 2. The molecule has 3 N–H and O–H groups in total. The maximum Gasteiger partial charge on any atom is 0.0959 e. The minimum atomic E-state index is -0.887. The van der Waals surface area contributed by atoms with E-state index in [0.29, 0.717) is 0 Å². The molecule has 0 saturated heterocycles. The van der Waals surface area contributed by atoms with Crippen LogP contribution in [0.3, 0.4) is 0 Å². The summed E-state index contributed by atoms with van der Waals surface area (Å²) >= 11 is 0. The maximum atomic E-state index is 10.4. The standard InChI is InChI=1S/C25H27NO2/c27-19-24(28)23(18-10-13-20-11-4-1-5-12-20)26-25(21-14-6-2-7-15-21)22-16-8-3-9-17-22/h1-12,14-18,23-28H,13,19H2/b18-10+/t23-,24+/m1/s1. The van der Waals surface area contributed by atoms with Crippen LogP contribution >= 0.6 is 0 Å². The fourth-order valence-corrected chi connectivity index (χ4v) is 3.24. The van der Waals surface area contributed by atoms with Crippen molar-refractivity contribution in [3.05, 3.63) is 120 Å². The second kappa shape index (κ2) is 10.6. The van der Waals surface area contributed by atoms with Crippen molar-refractivity contribution in [2.75, 3.05) is 6.61 Å². The lowest BCUT2D eigenvalue weighted by Crippen LogP contribution is -2.42. The summed E-state index contributed by atoms with van der Waals surface area (Å²) in [5.74, 6) is 0. The normalized spacial score (nSPS) is 13.7. The number of hydrogen-bond acceptors (Lipinski definition) is 3. The van der Waals surface area contributed by atoms with Gasteiger partial charge in [0.2, 0.25) is 0 Å². The topological polar surface area (TPSA) is 52.5 Å². The zero-order valence-corrected chi connectivity index (χ0v) is 15.9. The van der Waals surface area contributed by atoms with Gasteiger partial charge in [0.25, 0.3) is 0 Å². The summed E-state index contributed by atoms with van der Waals surface area (Å²) in [6, 6.07) is 30.0. The number of hydrogen-bond donors (Lipinski definition) is 3. The summed E-state index contributed by atoms with van der Waals surface area (Å²) in [6.45, 7) is -0.302. The number of benzene rings is 3. The van der Waals surface area contributed by atoms with Crippen molar-refractivity contribution in [3.8, 4) is 0 Å². The third-order valence-electron chi connectivity index (χ3n) is 4.77. The van der Waals surface area contributed by atoms with E-state index in [0.717, 1.165) is 17.5 Å². The van der Waals surface area contributed by atoms with Crippen molar-refractivity contribution in [2.24, 2.45) is 0 Å². The Labute approximate surface area is 167 Å². The van der Waals surface area contributed by atoms with Gasteiger partial charge in [-0.3, -0.25) is 5.32 Å². The fourth-order valence-electron chi connectivity index (χ4n) is 3.24. The Balaban J connectivity index is 1.81. The molecule has 0 aliphatic carbocycles. The molecular weight excluding hydrogens is 346 g/mol. The van der Waals surface area contributed by atoms with Gasteiger partial charge in [-0.25, -0.2) is 0 Å². The van der Waals surface area contributed by atoms with Crippen molar-refractivity contribution in [2.45, 2.75) is 24.6 Å². The summed E-state index contributed by atoms with van der Waals surface area (Å²) in [4.78, 5) is 0. The van der Waals surface area contributed by atoms with E-state index < -0.39 is 6.10 Å². The van der Waals surface area contributed by atoms with Crippen molar-refractivity contribution < 1.29 is 10.2 Å². The highest BCUT2D eigenvalue weighted by Gasteiger charge is 2.22. The first-order valence-electron chi connectivity index (χ1n) is 9.63. The van der Waals surface area contributed by atoms with Crippen LogP contribution in [0, 0.1) is 0 Å². The predicted octanol–water partition coefficient (Wildman–Crippen LogP) is 3.89. The SMILES string of the molecule is OC[C@H](O)[C@@H](/C=C/Cc1ccccc1)NC(c1ccccc1)c1ccccc1. The third-order valence-corrected chi connectivity index (χ3v) is 4.77. The summed E-state index contributed by atoms with van der Waals surface area (Å²) in [5.41, 5.74) is 3.43. The Morgan fingerprint density at radius 1 is 0.750 bits per heavy atom. The Bertz CT molecular complexity index is 795. The van der Waals surface area contributed by atoms with Gasteiger partial charge < -0.3 is 10.2 Å². The minimum absolute atomic E-state index is 0.0880. The number of nitrogens with one attached hydrogen (secondary N) is 1. The monoisotopic (exact) mass is 373 g/mol. The molecular formula is C25H27NO2. The number of rotatable bonds is 9. The average molecular weight is 373 g/mol. The molecule has 2 atom stereocenters. The molecule has 3 aromatic rings. The van der Waals surface area contributed by atoms with E-state index in [4.69, 9.17) is 0 Å².